The molecule has 0 saturated heterocycles. The maximum atomic E-state index is 11.9. The van der Waals surface area contributed by atoms with Crippen LogP contribution in [0.4, 0.5) is 0 Å². The first-order valence-corrected chi connectivity index (χ1v) is 6.26. The van der Waals surface area contributed by atoms with Gasteiger partial charge in [0.1, 0.15) is 6.10 Å². The van der Waals surface area contributed by atoms with Crippen molar-refractivity contribution in [2.24, 2.45) is 11.7 Å². The van der Waals surface area contributed by atoms with Gasteiger partial charge >= 0.3 is 0 Å². The number of rotatable bonds is 6. The molecule has 0 radical (unpaired) electrons. The Kier molecular flexibility index (Phi) is 5.22. The summed E-state index contributed by atoms with van der Waals surface area (Å²) in [6.45, 7) is 8.05. The lowest BCUT2D eigenvalue weighted by molar-refractivity contribution is -0.151. The number of nitrogens with zero attached hydrogens (tertiary/aromatic N) is 1. The first-order valence-electron chi connectivity index (χ1n) is 6.26. The zero-order chi connectivity index (χ0) is 12.1. The van der Waals surface area contributed by atoms with E-state index in [0.717, 1.165) is 32.5 Å². The molecule has 2 N–H and O–H groups in total. The first-order chi connectivity index (χ1) is 7.62. The minimum absolute atomic E-state index is 0.0983. The number of hydrogen-bond donors (Lipinski definition) is 1. The Morgan fingerprint density at radius 1 is 1.44 bits per heavy atom. The molecular formula is C12H24N2O2. The van der Waals surface area contributed by atoms with Gasteiger partial charge < -0.3 is 15.4 Å². The lowest BCUT2D eigenvalue weighted by Crippen LogP contribution is -2.44. The molecule has 4 heteroatoms. The second-order valence-corrected chi connectivity index (χ2v) is 4.48. The van der Waals surface area contributed by atoms with Crippen LogP contribution in [0.5, 0.6) is 0 Å². The van der Waals surface area contributed by atoms with Crippen LogP contribution in [0.25, 0.3) is 0 Å². The van der Waals surface area contributed by atoms with Crippen molar-refractivity contribution in [1.29, 1.82) is 0 Å². The van der Waals surface area contributed by atoms with Crippen LogP contribution < -0.4 is 5.73 Å². The maximum absolute atomic E-state index is 11.9. The fourth-order valence-corrected chi connectivity index (χ4v) is 2.12. The molecule has 0 aromatic rings. The van der Waals surface area contributed by atoms with Gasteiger partial charge in [0.2, 0.25) is 0 Å². The van der Waals surface area contributed by atoms with Crippen molar-refractivity contribution in [2.75, 3.05) is 19.6 Å². The highest BCUT2D eigenvalue weighted by atomic mass is 16.5. The highest BCUT2D eigenvalue weighted by molar-refractivity contribution is 5.80. The molecule has 0 aliphatic heterocycles. The molecule has 0 heterocycles. The Balaban J connectivity index is 2.29. The van der Waals surface area contributed by atoms with E-state index in [1.165, 1.54) is 0 Å². The maximum Gasteiger partial charge on any atom is 0.251 e. The largest absolute Gasteiger partial charge is 0.365 e. The Bertz CT molecular complexity index is 223. The van der Waals surface area contributed by atoms with Gasteiger partial charge in [0, 0.05) is 13.1 Å². The monoisotopic (exact) mass is 228 g/mol. The predicted molar refractivity (Wildman–Crippen MR) is 64.0 cm³/mol. The van der Waals surface area contributed by atoms with Crippen molar-refractivity contribution in [3.05, 3.63) is 0 Å². The first kappa shape index (κ1) is 13.5. The van der Waals surface area contributed by atoms with Gasteiger partial charge in [0.15, 0.2) is 0 Å². The zero-order valence-electron chi connectivity index (χ0n) is 10.6. The molecule has 94 valence electrons. The Morgan fingerprint density at radius 2 is 2.00 bits per heavy atom. The predicted octanol–water partition coefficient (Wildman–Crippen LogP) is 0.997. The normalized spacial score (nSPS) is 26.0. The van der Waals surface area contributed by atoms with Gasteiger partial charge in [-0.2, -0.15) is 0 Å². The lowest BCUT2D eigenvalue weighted by Gasteiger charge is -2.36. The van der Waals surface area contributed by atoms with Crippen LogP contribution in [-0.2, 0) is 9.53 Å². The number of amides is 1. The van der Waals surface area contributed by atoms with Crippen LogP contribution in [0.1, 0.15) is 33.6 Å². The number of nitrogens with two attached hydrogens (primary N) is 1. The van der Waals surface area contributed by atoms with E-state index in [4.69, 9.17) is 10.5 Å². The summed E-state index contributed by atoms with van der Waals surface area (Å²) in [5.74, 6) is 0.696. The van der Waals surface area contributed by atoms with Crippen molar-refractivity contribution in [2.45, 2.75) is 45.8 Å². The van der Waals surface area contributed by atoms with Crippen LogP contribution in [0.2, 0.25) is 0 Å². The van der Waals surface area contributed by atoms with Gasteiger partial charge in [-0.25, -0.2) is 0 Å². The average Bonchev–Trinajstić information content (AvgIpc) is 2.23. The third-order valence-corrected chi connectivity index (χ3v) is 3.35. The molecule has 0 aromatic heterocycles. The molecule has 4 nitrogen and oxygen atoms in total. The van der Waals surface area contributed by atoms with Gasteiger partial charge in [0.05, 0.1) is 6.10 Å². The van der Waals surface area contributed by atoms with E-state index in [1.807, 2.05) is 25.7 Å². The van der Waals surface area contributed by atoms with E-state index < -0.39 is 0 Å². The van der Waals surface area contributed by atoms with E-state index in [2.05, 4.69) is 0 Å². The van der Waals surface area contributed by atoms with Gasteiger partial charge in [0.25, 0.3) is 5.91 Å². The highest BCUT2D eigenvalue weighted by Gasteiger charge is 2.32. The summed E-state index contributed by atoms with van der Waals surface area (Å²) in [5.41, 5.74) is 5.55. The number of carbonyl (C=O) groups excluding carboxylic acids is 1. The quantitative estimate of drug-likeness (QED) is 0.738. The van der Waals surface area contributed by atoms with Crippen molar-refractivity contribution in [1.82, 2.24) is 4.90 Å². The summed E-state index contributed by atoms with van der Waals surface area (Å²) in [6.07, 6.45) is 1.94. The molecule has 0 bridgehead atoms. The van der Waals surface area contributed by atoms with Crippen molar-refractivity contribution in [3.8, 4) is 0 Å². The molecular weight excluding hydrogens is 204 g/mol. The van der Waals surface area contributed by atoms with Crippen LogP contribution in [0.15, 0.2) is 0 Å². The Hall–Kier alpha value is -0.610. The third kappa shape index (κ3) is 3.19. The summed E-state index contributed by atoms with van der Waals surface area (Å²) >= 11 is 0. The smallest absolute Gasteiger partial charge is 0.251 e. The minimum atomic E-state index is -0.316. The molecule has 1 rings (SSSR count). The molecule has 0 aromatic carbocycles. The second-order valence-electron chi connectivity index (χ2n) is 4.48. The van der Waals surface area contributed by atoms with Gasteiger partial charge in [-0.1, -0.05) is 0 Å². The van der Waals surface area contributed by atoms with Crippen molar-refractivity contribution in [3.63, 3.8) is 0 Å². The van der Waals surface area contributed by atoms with E-state index in [9.17, 15) is 4.79 Å². The van der Waals surface area contributed by atoms with Crippen LogP contribution in [-0.4, -0.2) is 42.6 Å². The summed E-state index contributed by atoms with van der Waals surface area (Å²) in [4.78, 5) is 13.7. The average molecular weight is 228 g/mol. The molecule has 1 unspecified atom stereocenters. The van der Waals surface area contributed by atoms with E-state index >= 15 is 0 Å². The van der Waals surface area contributed by atoms with Gasteiger partial charge in [-0.15, -0.1) is 0 Å². The highest BCUT2D eigenvalue weighted by Crippen LogP contribution is 2.30. The second kappa shape index (κ2) is 6.21. The fourth-order valence-electron chi connectivity index (χ4n) is 2.12. The Labute approximate surface area is 98.1 Å². The standard InChI is InChI=1S/C12H24N2O2/c1-4-14(5-2)12(15)9(3)16-11-6-10(7-11)8-13/h9-11H,4-8,13H2,1-3H3. The number of ether oxygens (including phenoxy) is 1. The number of hydrogen-bond acceptors (Lipinski definition) is 3. The van der Waals surface area contributed by atoms with Crippen LogP contribution in [0.3, 0.4) is 0 Å². The molecule has 1 aliphatic carbocycles. The topological polar surface area (TPSA) is 55.6 Å². The van der Waals surface area contributed by atoms with Crippen molar-refractivity contribution >= 4 is 5.91 Å². The van der Waals surface area contributed by atoms with E-state index in [-0.39, 0.29) is 18.1 Å². The summed E-state index contributed by atoms with van der Waals surface area (Å²) in [5, 5.41) is 0. The SMILES string of the molecule is CCN(CC)C(=O)C(C)OC1CC(CN)C1. The molecule has 1 saturated carbocycles. The Morgan fingerprint density at radius 3 is 2.44 bits per heavy atom. The minimum Gasteiger partial charge on any atom is -0.365 e. The van der Waals surface area contributed by atoms with Crippen LogP contribution in [0, 0.1) is 5.92 Å². The number of likely N-dealkylation sites (N-methyl/N-ethyl adjacent to an activating group) is 1. The van der Waals surface area contributed by atoms with Crippen molar-refractivity contribution < 1.29 is 9.53 Å². The summed E-state index contributed by atoms with van der Waals surface area (Å²) in [6, 6.07) is 0. The number of carbonyl (C=O) groups is 1. The summed E-state index contributed by atoms with van der Waals surface area (Å²) in [7, 11) is 0. The van der Waals surface area contributed by atoms with Crippen LogP contribution >= 0.6 is 0 Å². The summed E-state index contributed by atoms with van der Waals surface area (Å²) < 4.78 is 5.72. The van der Waals surface area contributed by atoms with E-state index in [1.54, 1.807) is 0 Å². The van der Waals surface area contributed by atoms with E-state index in [0.29, 0.717) is 5.92 Å². The molecule has 16 heavy (non-hydrogen) atoms. The lowest BCUT2D eigenvalue weighted by atomic mass is 9.82. The molecule has 1 aliphatic rings. The molecule has 0 spiro atoms. The molecule has 1 fully saturated rings. The zero-order valence-corrected chi connectivity index (χ0v) is 10.6. The fraction of sp³-hybridized carbons (Fsp3) is 0.917. The molecule has 1 atom stereocenters. The van der Waals surface area contributed by atoms with Gasteiger partial charge in [-0.05, 0) is 46.1 Å². The molecule has 1 amide bonds. The van der Waals surface area contributed by atoms with Gasteiger partial charge in [-0.3, -0.25) is 4.79 Å². The third-order valence-electron chi connectivity index (χ3n) is 3.35.